The first-order valence-corrected chi connectivity index (χ1v) is 10.7. The van der Waals surface area contributed by atoms with Crippen molar-refractivity contribution in [1.29, 1.82) is 0 Å². The minimum atomic E-state index is -0.500. The van der Waals surface area contributed by atoms with Gasteiger partial charge in [0.25, 0.3) is 0 Å². The number of hydrogen-bond donors (Lipinski definition) is 1. The number of carbonyl (C=O) groups excluding carboxylic acids is 1. The molecule has 2 aromatic carbocycles. The van der Waals surface area contributed by atoms with Gasteiger partial charge in [-0.25, -0.2) is 9.13 Å². The number of methoxy groups -OCH3 is 1. The third-order valence-corrected chi connectivity index (χ3v) is 5.85. The molecule has 7 nitrogen and oxygen atoms in total. The molecule has 31 heavy (non-hydrogen) atoms. The molecule has 2 aliphatic rings. The summed E-state index contributed by atoms with van der Waals surface area (Å²) in [6.07, 6.45) is 5.96. The highest BCUT2D eigenvalue weighted by atomic mass is 16.5. The normalized spacial score (nSPS) is 14.8. The highest BCUT2D eigenvalue weighted by molar-refractivity contribution is 5.66. The Labute approximate surface area is 182 Å². The van der Waals surface area contributed by atoms with Gasteiger partial charge in [-0.05, 0) is 49.2 Å². The second-order valence-electron chi connectivity index (χ2n) is 7.65. The van der Waals surface area contributed by atoms with Gasteiger partial charge in [0, 0.05) is 31.7 Å². The number of anilines is 2. The lowest BCUT2D eigenvalue weighted by Crippen LogP contribution is -2.43. The summed E-state index contributed by atoms with van der Waals surface area (Å²) in [5, 5.41) is 11.9. The van der Waals surface area contributed by atoms with Crippen LogP contribution in [0.15, 0.2) is 54.7 Å². The van der Waals surface area contributed by atoms with Crippen LogP contribution < -0.4 is 24.6 Å². The first kappa shape index (κ1) is 20.8. The molecule has 1 aromatic heterocycles. The molecule has 0 atom stereocenters. The van der Waals surface area contributed by atoms with E-state index in [0.717, 1.165) is 36.8 Å². The fourth-order valence-corrected chi connectivity index (χ4v) is 4.41. The number of rotatable bonds is 4. The van der Waals surface area contributed by atoms with Gasteiger partial charge in [-0.2, -0.15) is 0 Å². The SMILES string of the molecule is COc1ccccc1-c1cn(-c2ccc(N3CCCC3)cc2)c2[n+]1CCCN2.O=C[O-]. The topological polar surface area (TPSA) is 73.4 Å². The molecule has 0 radical (unpaired) electrons. The van der Waals surface area contributed by atoms with Crippen molar-refractivity contribution in [1.82, 2.24) is 4.57 Å². The number of nitrogens with zero attached hydrogens (tertiary/aromatic N) is 3. The minimum Gasteiger partial charge on any atom is -0.554 e. The van der Waals surface area contributed by atoms with Gasteiger partial charge < -0.3 is 19.5 Å². The number of aromatic nitrogens is 2. The number of carbonyl (C=O) groups is 1. The predicted octanol–water partition coefficient (Wildman–Crippen LogP) is 2.22. The molecule has 1 saturated heterocycles. The van der Waals surface area contributed by atoms with Crippen molar-refractivity contribution in [2.75, 3.05) is 37.0 Å². The van der Waals surface area contributed by atoms with Crippen LogP contribution in [0.25, 0.3) is 16.9 Å². The monoisotopic (exact) mass is 420 g/mol. The zero-order valence-corrected chi connectivity index (χ0v) is 17.8. The average Bonchev–Trinajstić information content (AvgIpc) is 3.48. The highest BCUT2D eigenvalue weighted by Crippen LogP contribution is 2.31. The Morgan fingerprint density at radius 3 is 2.42 bits per heavy atom. The molecule has 162 valence electrons. The molecule has 0 amide bonds. The van der Waals surface area contributed by atoms with Crippen LogP contribution >= 0.6 is 0 Å². The van der Waals surface area contributed by atoms with Crippen LogP contribution in [-0.4, -0.2) is 37.8 Å². The van der Waals surface area contributed by atoms with Crippen LogP contribution in [0.5, 0.6) is 5.75 Å². The van der Waals surface area contributed by atoms with E-state index in [9.17, 15) is 0 Å². The Bertz CT molecular complexity index is 1020. The Morgan fingerprint density at radius 1 is 1.03 bits per heavy atom. The predicted molar refractivity (Wildman–Crippen MR) is 119 cm³/mol. The van der Waals surface area contributed by atoms with Gasteiger partial charge in [-0.15, -0.1) is 0 Å². The van der Waals surface area contributed by atoms with Crippen LogP contribution in [0.2, 0.25) is 0 Å². The summed E-state index contributed by atoms with van der Waals surface area (Å²) >= 11 is 0. The molecule has 1 N–H and O–H groups in total. The average molecular weight is 421 g/mol. The lowest BCUT2D eigenvalue weighted by molar-refractivity contribution is -0.675. The molecule has 5 rings (SSSR count). The van der Waals surface area contributed by atoms with Gasteiger partial charge in [0.05, 0.1) is 25.8 Å². The molecular weight excluding hydrogens is 392 g/mol. The van der Waals surface area contributed by atoms with E-state index in [1.807, 2.05) is 12.1 Å². The summed E-state index contributed by atoms with van der Waals surface area (Å²) in [5.41, 5.74) is 4.82. The number of ether oxygens (including phenoxy) is 1. The Hall–Kier alpha value is -3.48. The second-order valence-corrected chi connectivity index (χ2v) is 7.65. The molecule has 1 fully saturated rings. The summed E-state index contributed by atoms with van der Waals surface area (Å²) in [7, 11) is 1.74. The molecule has 0 aliphatic carbocycles. The fourth-order valence-electron chi connectivity index (χ4n) is 4.41. The minimum absolute atomic E-state index is 0.500. The summed E-state index contributed by atoms with van der Waals surface area (Å²) in [6.45, 7) is 3.86. The Balaban J connectivity index is 0.000000730. The van der Waals surface area contributed by atoms with Gasteiger partial charge in [0.2, 0.25) is 0 Å². The molecule has 0 spiro atoms. The van der Waals surface area contributed by atoms with Crippen molar-refractivity contribution < 1.29 is 19.2 Å². The molecule has 7 heteroatoms. The van der Waals surface area contributed by atoms with Gasteiger partial charge in [-0.1, -0.05) is 12.1 Å². The van der Waals surface area contributed by atoms with E-state index < -0.39 is 6.47 Å². The number of nitrogens with one attached hydrogen (secondary N) is 1. The summed E-state index contributed by atoms with van der Waals surface area (Å²) < 4.78 is 10.3. The number of para-hydroxylation sites is 1. The van der Waals surface area contributed by atoms with Crippen LogP contribution in [-0.2, 0) is 11.3 Å². The van der Waals surface area contributed by atoms with Crippen molar-refractivity contribution in [2.24, 2.45) is 0 Å². The number of imidazole rings is 1. The maximum Gasteiger partial charge on any atom is 0.362 e. The van der Waals surface area contributed by atoms with E-state index in [2.05, 4.69) is 61.9 Å². The van der Waals surface area contributed by atoms with Crippen LogP contribution in [0.4, 0.5) is 11.6 Å². The van der Waals surface area contributed by atoms with Crippen LogP contribution in [0.1, 0.15) is 19.3 Å². The van der Waals surface area contributed by atoms with E-state index in [1.165, 1.54) is 43.0 Å². The highest BCUT2D eigenvalue weighted by Gasteiger charge is 2.28. The first-order valence-electron chi connectivity index (χ1n) is 10.7. The maximum atomic E-state index is 8.25. The van der Waals surface area contributed by atoms with Crippen LogP contribution in [0.3, 0.4) is 0 Å². The van der Waals surface area contributed by atoms with Crippen molar-refractivity contribution in [3.8, 4) is 22.7 Å². The van der Waals surface area contributed by atoms with Crippen molar-refractivity contribution in [3.05, 3.63) is 54.7 Å². The van der Waals surface area contributed by atoms with Gasteiger partial charge >= 0.3 is 5.95 Å². The fraction of sp³-hybridized carbons (Fsp3) is 0.333. The third-order valence-electron chi connectivity index (χ3n) is 5.85. The van der Waals surface area contributed by atoms with E-state index >= 15 is 0 Å². The molecular formula is C24H28N4O3. The van der Waals surface area contributed by atoms with Gasteiger partial charge in [0.1, 0.15) is 23.3 Å². The number of benzene rings is 2. The maximum absolute atomic E-state index is 8.25. The lowest BCUT2D eigenvalue weighted by atomic mass is 10.1. The number of hydrogen-bond acceptors (Lipinski definition) is 5. The van der Waals surface area contributed by atoms with Crippen LogP contribution in [0, 0.1) is 0 Å². The number of fused-ring (bicyclic) bond motifs is 1. The zero-order valence-electron chi connectivity index (χ0n) is 17.8. The summed E-state index contributed by atoms with van der Waals surface area (Å²) in [6, 6.07) is 17.2. The Kier molecular flexibility index (Phi) is 6.40. The van der Waals surface area contributed by atoms with Gasteiger partial charge in [0.15, 0.2) is 0 Å². The molecule has 2 aliphatic heterocycles. The van der Waals surface area contributed by atoms with Crippen molar-refractivity contribution in [3.63, 3.8) is 0 Å². The molecule has 0 unspecified atom stereocenters. The van der Waals surface area contributed by atoms with E-state index in [-0.39, 0.29) is 0 Å². The molecule has 3 heterocycles. The molecule has 0 bridgehead atoms. The second kappa shape index (κ2) is 9.55. The largest absolute Gasteiger partial charge is 0.554 e. The van der Waals surface area contributed by atoms with E-state index in [0.29, 0.717) is 0 Å². The number of carboxylic acid groups (broad SMARTS) is 1. The van der Waals surface area contributed by atoms with Gasteiger partial charge in [-0.3, -0.25) is 5.32 Å². The van der Waals surface area contributed by atoms with E-state index in [1.54, 1.807) is 7.11 Å². The zero-order chi connectivity index (χ0) is 21.6. The summed E-state index contributed by atoms with van der Waals surface area (Å²) in [5.74, 6) is 2.05. The standard InChI is InChI=1S/C23H26N4O.CH2O2/c1-28-22-8-3-2-7-20(22)21-17-27(23-24-13-6-16-26(21)23)19-11-9-18(10-12-19)25-14-4-5-15-25;2-1-3/h2-3,7-12,17H,4-6,13-16H2,1H3;1H,(H,2,3). The smallest absolute Gasteiger partial charge is 0.362 e. The van der Waals surface area contributed by atoms with E-state index in [4.69, 9.17) is 14.6 Å². The Morgan fingerprint density at radius 2 is 1.71 bits per heavy atom. The van der Waals surface area contributed by atoms with Crippen molar-refractivity contribution in [2.45, 2.75) is 25.8 Å². The third kappa shape index (κ3) is 4.21. The first-order chi connectivity index (χ1) is 15.3. The quantitative estimate of drug-likeness (QED) is 0.518. The lowest BCUT2D eigenvalue weighted by Gasteiger charge is -2.17. The summed E-state index contributed by atoms with van der Waals surface area (Å²) in [4.78, 5) is 10.7. The molecule has 0 saturated carbocycles. The molecule has 3 aromatic rings. The van der Waals surface area contributed by atoms with Crippen molar-refractivity contribution >= 4 is 18.1 Å².